The van der Waals surface area contributed by atoms with E-state index >= 15 is 0 Å². The van der Waals surface area contributed by atoms with Gasteiger partial charge in [-0.15, -0.1) is 0 Å². The van der Waals surface area contributed by atoms with Crippen LogP contribution in [0.5, 0.6) is 11.5 Å². The number of rotatable bonds is 4. The highest BCUT2D eigenvalue weighted by atomic mass is 16.3. The Morgan fingerprint density at radius 1 is 1.39 bits per heavy atom. The standard InChI is InChI=1S/C14H19NO3/c1-9(2)15(8-10-3-4-10)14(18)12-7-11(16)5-6-13(12)17/h5-7,9-10,16-17H,3-4,8H2,1-2H3. The van der Waals surface area contributed by atoms with Gasteiger partial charge in [-0.3, -0.25) is 4.79 Å². The van der Waals surface area contributed by atoms with Gasteiger partial charge in [0.1, 0.15) is 11.5 Å². The fourth-order valence-corrected chi connectivity index (χ4v) is 1.96. The summed E-state index contributed by atoms with van der Waals surface area (Å²) >= 11 is 0. The lowest BCUT2D eigenvalue weighted by Crippen LogP contribution is -2.38. The monoisotopic (exact) mass is 249 g/mol. The summed E-state index contributed by atoms with van der Waals surface area (Å²) in [6, 6.07) is 4.12. The first-order chi connectivity index (χ1) is 8.49. The summed E-state index contributed by atoms with van der Waals surface area (Å²) in [4.78, 5) is 14.1. The molecular formula is C14H19NO3. The van der Waals surface area contributed by atoms with Crippen LogP contribution in [0.1, 0.15) is 37.0 Å². The van der Waals surface area contributed by atoms with E-state index in [1.54, 1.807) is 4.90 Å². The molecule has 4 heteroatoms. The Bertz CT molecular complexity index is 452. The molecule has 1 aromatic carbocycles. The zero-order valence-corrected chi connectivity index (χ0v) is 10.8. The van der Waals surface area contributed by atoms with E-state index in [0.29, 0.717) is 5.92 Å². The molecule has 0 aliphatic heterocycles. The molecule has 1 amide bonds. The Labute approximate surface area is 107 Å². The molecule has 98 valence electrons. The van der Waals surface area contributed by atoms with Crippen molar-refractivity contribution in [2.24, 2.45) is 5.92 Å². The van der Waals surface area contributed by atoms with Crippen LogP contribution >= 0.6 is 0 Å². The Balaban J connectivity index is 2.23. The fourth-order valence-electron chi connectivity index (χ4n) is 1.96. The lowest BCUT2D eigenvalue weighted by Gasteiger charge is -2.27. The molecule has 0 radical (unpaired) electrons. The fraction of sp³-hybridized carbons (Fsp3) is 0.500. The second-order valence-corrected chi connectivity index (χ2v) is 5.20. The van der Waals surface area contributed by atoms with Gasteiger partial charge in [-0.1, -0.05) is 0 Å². The molecule has 1 aliphatic carbocycles. The highest BCUT2D eigenvalue weighted by Gasteiger charge is 2.29. The van der Waals surface area contributed by atoms with Crippen LogP contribution in [-0.2, 0) is 0 Å². The summed E-state index contributed by atoms with van der Waals surface area (Å²) in [6.07, 6.45) is 2.34. The van der Waals surface area contributed by atoms with Gasteiger partial charge in [0, 0.05) is 12.6 Å². The number of benzene rings is 1. The first-order valence-electron chi connectivity index (χ1n) is 6.32. The number of carbonyl (C=O) groups excluding carboxylic acids is 1. The van der Waals surface area contributed by atoms with Gasteiger partial charge < -0.3 is 15.1 Å². The van der Waals surface area contributed by atoms with Crippen molar-refractivity contribution < 1.29 is 15.0 Å². The van der Waals surface area contributed by atoms with Crippen molar-refractivity contribution >= 4 is 5.91 Å². The molecule has 1 saturated carbocycles. The number of aromatic hydroxyl groups is 2. The average Bonchev–Trinajstić information content (AvgIpc) is 3.12. The second-order valence-electron chi connectivity index (χ2n) is 5.20. The number of nitrogens with zero attached hydrogens (tertiary/aromatic N) is 1. The minimum absolute atomic E-state index is 0.00808. The molecule has 2 rings (SSSR count). The van der Waals surface area contributed by atoms with Gasteiger partial charge in [0.25, 0.3) is 5.91 Å². The van der Waals surface area contributed by atoms with Gasteiger partial charge >= 0.3 is 0 Å². The van der Waals surface area contributed by atoms with Crippen molar-refractivity contribution in [2.45, 2.75) is 32.7 Å². The number of carbonyl (C=O) groups is 1. The molecule has 4 nitrogen and oxygen atoms in total. The highest BCUT2D eigenvalue weighted by Crippen LogP contribution is 2.32. The third-order valence-electron chi connectivity index (χ3n) is 3.25. The van der Waals surface area contributed by atoms with Crippen molar-refractivity contribution in [1.29, 1.82) is 0 Å². The van der Waals surface area contributed by atoms with Crippen LogP contribution in [0.3, 0.4) is 0 Å². The average molecular weight is 249 g/mol. The number of hydrogen-bond acceptors (Lipinski definition) is 3. The summed E-state index contributed by atoms with van der Waals surface area (Å²) < 4.78 is 0. The van der Waals surface area contributed by atoms with Gasteiger partial charge in [-0.05, 0) is 50.8 Å². The number of phenolic OH excluding ortho intramolecular Hbond substituents is 2. The van der Waals surface area contributed by atoms with Crippen molar-refractivity contribution in [2.75, 3.05) is 6.54 Å². The van der Waals surface area contributed by atoms with Gasteiger partial charge in [0.15, 0.2) is 0 Å². The molecule has 0 heterocycles. The molecule has 0 bridgehead atoms. The number of phenols is 2. The molecule has 1 fully saturated rings. The van der Waals surface area contributed by atoms with E-state index in [1.807, 2.05) is 13.8 Å². The predicted octanol–water partition coefficient (Wildman–Crippen LogP) is 2.36. The molecule has 1 aromatic rings. The minimum Gasteiger partial charge on any atom is -0.508 e. The maximum absolute atomic E-state index is 12.4. The highest BCUT2D eigenvalue weighted by molar-refractivity contribution is 5.97. The van der Waals surface area contributed by atoms with Crippen molar-refractivity contribution in [3.05, 3.63) is 23.8 Å². The van der Waals surface area contributed by atoms with Crippen molar-refractivity contribution in [3.8, 4) is 11.5 Å². The van der Waals surface area contributed by atoms with E-state index in [4.69, 9.17) is 0 Å². The van der Waals surface area contributed by atoms with Crippen LogP contribution in [0.25, 0.3) is 0 Å². The van der Waals surface area contributed by atoms with Crippen LogP contribution in [0.2, 0.25) is 0 Å². The van der Waals surface area contributed by atoms with E-state index in [1.165, 1.54) is 31.0 Å². The maximum Gasteiger partial charge on any atom is 0.257 e. The van der Waals surface area contributed by atoms with E-state index < -0.39 is 0 Å². The van der Waals surface area contributed by atoms with Crippen LogP contribution < -0.4 is 0 Å². The number of amides is 1. The van der Waals surface area contributed by atoms with E-state index in [0.717, 1.165) is 6.54 Å². The second kappa shape index (κ2) is 4.88. The van der Waals surface area contributed by atoms with Gasteiger partial charge in [-0.2, -0.15) is 0 Å². The first kappa shape index (κ1) is 12.7. The molecule has 0 aromatic heterocycles. The van der Waals surface area contributed by atoms with Crippen LogP contribution in [0, 0.1) is 5.92 Å². The van der Waals surface area contributed by atoms with Gasteiger partial charge in [0.2, 0.25) is 0 Å². The van der Waals surface area contributed by atoms with E-state index in [-0.39, 0.29) is 29.0 Å². The topological polar surface area (TPSA) is 60.8 Å². The molecule has 1 aliphatic rings. The molecule has 0 saturated heterocycles. The Morgan fingerprint density at radius 2 is 2.06 bits per heavy atom. The quantitative estimate of drug-likeness (QED) is 0.805. The largest absolute Gasteiger partial charge is 0.508 e. The maximum atomic E-state index is 12.4. The summed E-state index contributed by atoms with van der Waals surface area (Å²) in [5, 5.41) is 19.1. The molecule has 0 atom stereocenters. The van der Waals surface area contributed by atoms with Crippen LogP contribution in [-0.4, -0.2) is 33.6 Å². The molecule has 2 N–H and O–H groups in total. The first-order valence-corrected chi connectivity index (χ1v) is 6.32. The van der Waals surface area contributed by atoms with Gasteiger partial charge in [0.05, 0.1) is 5.56 Å². The Hall–Kier alpha value is -1.71. The zero-order valence-electron chi connectivity index (χ0n) is 10.8. The third kappa shape index (κ3) is 2.75. The third-order valence-corrected chi connectivity index (χ3v) is 3.25. The predicted molar refractivity (Wildman–Crippen MR) is 68.7 cm³/mol. The normalized spacial score (nSPS) is 14.8. The van der Waals surface area contributed by atoms with E-state index in [9.17, 15) is 15.0 Å². The smallest absolute Gasteiger partial charge is 0.257 e. The number of hydrogen-bond donors (Lipinski definition) is 2. The van der Waals surface area contributed by atoms with Crippen molar-refractivity contribution in [1.82, 2.24) is 4.90 Å². The molecule has 0 unspecified atom stereocenters. The van der Waals surface area contributed by atoms with E-state index in [2.05, 4.69) is 0 Å². The SMILES string of the molecule is CC(C)N(CC1CC1)C(=O)c1cc(O)ccc1O. The molecular weight excluding hydrogens is 230 g/mol. The van der Waals surface area contributed by atoms with Crippen LogP contribution in [0.15, 0.2) is 18.2 Å². The minimum atomic E-state index is -0.217. The molecule has 0 spiro atoms. The Kier molecular flexibility index (Phi) is 3.45. The van der Waals surface area contributed by atoms with Crippen molar-refractivity contribution in [3.63, 3.8) is 0 Å². The summed E-state index contributed by atoms with van der Waals surface area (Å²) in [5.41, 5.74) is 0.171. The lowest BCUT2D eigenvalue weighted by molar-refractivity contribution is 0.0692. The lowest BCUT2D eigenvalue weighted by atomic mass is 10.1. The van der Waals surface area contributed by atoms with Gasteiger partial charge in [-0.25, -0.2) is 0 Å². The summed E-state index contributed by atoms with van der Waals surface area (Å²) in [7, 11) is 0. The zero-order chi connectivity index (χ0) is 13.3. The van der Waals surface area contributed by atoms with Crippen LogP contribution in [0.4, 0.5) is 0 Å². The molecule has 18 heavy (non-hydrogen) atoms. The summed E-state index contributed by atoms with van der Waals surface area (Å²) in [5.74, 6) is 0.284. The Morgan fingerprint density at radius 3 is 2.61 bits per heavy atom. The summed E-state index contributed by atoms with van der Waals surface area (Å²) in [6.45, 7) is 4.64.